The molecule has 1 aliphatic rings. The third kappa shape index (κ3) is 2.15. The molecule has 0 aliphatic carbocycles. The number of rotatable bonds is 1. The number of hydrogen-bond donors (Lipinski definition) is 2. The van der Waals surface area contributed by atoms with Crippen molar-refractivity contribution in [1.82, 2.24) is 10.3 Å². The minimum absolute atomic E-state index is 0.273. The molecule has 0 radical (unpaired) electrons. The largest absolute Gasteiger partial charge is 0.357 e. The smallest absolute Gasteiger partial charge is 0.0732 e. The zero-order valence-corrected chi connectivity index (χ0v) is 13.5. The molecule has 2 aromatic carbocycles. The lowest BCUT2D eigenvalue weighted by atomic mass is 9.92. The lowest BCUT2D eigenvalue weighted by molar-refractivity contribution is 0.560. The second-order valence-corrected chi connectivity index (χ2v) is 6.62. The van der Waals surface area contributed by atoms with Crippen molar-refractivity contribution < 1.29 is 0 Å². The first-order chi connectivity index (χ1) is 10.6. The molecule has 2 heteroatoms. The Morgan fingerprint density at radius 1 is 0.909 bits per heavy atom. The molecule has 1 aliphatic heterocycles. The second-order valence-electron chi connectivity index (χ2n) is 6.62. The van der Waals surface area contributed by atoms with Crippen LogP contribution in [-0.2, 0) is 6.42 Å². The van der Waals surface area contributed by atoms with Crippen molar-refractivity contribution in [2.45, 2.75) is 33.2 Å². The molecule has 1 aromatic heterocycles. The number of fused-ring (bicyclic) bond motifs is 3. The van der Waals surface area contributed by atoms with Gasteiger partial charge in [0.05, 0.1) is 6.04 Å². The Hall–Kier alpha value is -2.06. The average molecular weight is 290 g/mol. The van der Waals surface area contributed by atoms with Crippen LogP contribution in [0.2, 0.25) is 0 Å². The molecule has 1 atom stereocenters. The van der Waals surface area contributed by atoms with Crippen molar-refractivity contribution in [3.63, 3.8) is 0 Å². The highest BCUT2D eigenvalue weighted by molar-refractivity contribution is 5.86. The topological polar surface area (TPSA) is 27.8 Å². The van der Waals surface area contributed by atoms with E-state index in [4.69, 9.17) is 0 Å². The van der Waals surface area contributed by atoms with Crippen molar-refractivity contribution in [2.75, 3.05) is 6.54 Å². The molecular weight excluding hydrogens is 268 g/mol. The molecule has 4 rings (SSSR count). The summed E-state index contributed by atoms with van der Waals surface area (Å²) in [6.45, 7) is 7.55. The zero-order chi connectivity index (χ0) is 15.3. The predicted molar refractivity (Wildman–Crippen MR) is 92.5 cm³/mol. The molecule has 2 heterocycles. The van der Waals surface area contributed by atoms with E-state index in [1.165, 1.54) is 44.4 Å². The Labute approximate surface area is 131 Å². The third-order valence-corrected chi connectivity index (χ3v) is 4.68. The molecule has 0 saturated heterocycles. The first-order valence-corrected chi connectivity index (χ1v) is 8.04. The Bertz CT molecular complexity index is 837. The summed E-state index contributed by atoms with van der Waals surface area (Å²) >= 11 is 0. The molecule has 112 valence electrons. The summed E-state index contributed by atoms with van der Waals surface area (Å²) < 4.78 is 0. The molecule has 2 N–H and O–H groups in total. The monoisotopic (exact) mass is 290 g/mol. The summed E-state index contributed by atoms with van der Waals surface area (Å²) in [5.41, 5.74) is 9.44. The summed E-state index contributed by atoms with van der Waals surface area (Å²) in [6, 6.07) is 13.8. The number of benzene rings is 2. The highest BCUT2D eigenvalue weighted by atomic mass is 15.0. The van der Waals surface area contributed by atoms with Gasteiger partial charge in [0.15, 0.2) is 0 Å². The van der Waals surface area contributed by atoms with Gasteiger partial charge < -0.3 is 10.3 Å². The summed E-state index contributed by atoms with van der Waals surface area (Å²) in [6.07, 6.45) is 1.10. The maximum absolute atomic E-state index is 3.69. The lowest BCUT2D eigenvalue weighted by Crippen LogP contribution is -2.30. The molecule has 0 spiro atoms. The Kier molecular flexibility index (Phi) is 3.08. The van der Waals surface area contributed by atoms with E-state index in [9.17, 15) is 0 Å². The van der Waals surface area contributed by atoms with E-state index in [2.05, 4.69) is 67.5 Å². The molecule has 3 aromatic rings. The van der Waals surface area contributed by atoms with Gasteiger partial charge in [0.2, 0.25) is 0 Å². The molecule has 22 heavy (non-hydrogen) atoms. The van der Waals surface area contributed by atoms with Gasteiger partial charge in [-0.05, 0) is 50.5 Å². The van der Waals surface area contributed by atoms with Crippen LogP contribution >= 0.6 is 0 Å². The van der Waals surface area contributed by atoms with Crippen LogP contribution in [0, 0.1) is 20.8 Å². The molecule has 0 fully saturated rings. The van der Waals surface area contributed by atoms with E-state index in [0.29, 0.717) is 0 Å². The van der Waals surface area contributed by atoms with E-state index in [1.54, 1.807) is 0 Å². The Morgan fingerprint density at radius 3 is 2.45 bits per heavy atom. The van der Waals surface area contributed by atoms with Gasteiger partial charge >= 0.3 is 0 Å². The van der Waals surface area contributed by atoms with Gasteiger partial charge in [-0.15, -0.1) is 0 Å². The summed E-state index contributed by atoms with van der Waals surface area (Å²) in [7, 11) is 0. The number of hydrogen-bond acceptors (Lipinski definition) is 1. The zero-order valence-electron chi connectivity index (χ0n) is 13.5. The number of aromatic nitrogens is 1. The number of aryl methyl sites for hydroxylation is 3. The predicted octanol–water partition coefficient (Wildman–Crippen LogP) is 4.33. The highest BCUT2D eigenvalue weighted by Gasteiger charge is 2.25. The fourth-order valence-electron chi connectivity index (χ4n) is 3.80. The molecule has 2 nitrogen and oxygen atoms in total. The maximum Gasteiger partial charge on any atom is 0.0732 e. The molecule has 0 bridgehead atoms. The average Bonchev–Trinajstić information content (AvgIpc) is 2.84. The van der Waals surface area contributed by atoms with E-state index >= 15 is 0 Å². The van der Waals surface area contributed by atoms with E-state index in [1.807, 2.05) is 0 Å². The van der Waals surface area contributed by atoms with Crippen LogP contribution in [0.25, 0.3) is 10.9 Å². The van der Waals surface area contributed by atoms with Gasteiger partial charge in [0.1, 0.15) is 0 Å². The van der Waals surface area contributed by atoms with Gasteiger partial charge in [0, 0.05) is 23.1 Å². The van der Waals surface area contributed by atoms with Crippen molar-refractivity contribution >= 4 is 10.9 Å². The van der Waals surface area contributed by atoms with Crippen molar-refractivity contribution in [3.8, 4) is 0 Å². The van der Waals surface area contributed by atoms with Crippen molar-refractivity contribution in [2.24, 2.45) is 0 Å². The van der Waals surface area contributed by atoms with Gasteiger partial charge in [-0.1, -0.05) is 41.0 Å². The van der Waals surface area contributed by atoms with E-state index < -0.39 is 0 Å². The number of H-pyrrole nitrogens is 1. The number of aromatic amines is 1. The summed E-state index contributed by atoms with van der Waals surface area (Å²) in [4.78, 5) is 3.67. The van der Waals surface area contributed by atoms with Gasteiger partial charge in [-0.25, -0.2) is 0 Å². The minimum Gasteiger partial charge on any atom is -0.357 e. The normalized spacial score (nSPS) is 17.7. The van der Waals surface area contributed by atoms with Crippen LogP contribution < -0.4 is 5.32 Å². The van der Waals surface area contributed by atoms with Crippen molar-refractivity contribution in [3.05, 3.63) is 69.9 Å². The summed E-state index contributed by atoms with van der Waals surface area (Å²) in [5.74, 6) is 0. The van der Waals surface area contributed by atoms with Crippen LogP contribution in [0.5, 0.6) is 0 Å². The first-order valence-electron chi connectivity index (χ1n) is 8.04. The quantitative estimate of drug-likeness (QED) is 0.686. The van der Waals surface area contributed by atoms with Crippen molar-refractivity contribution in [1.29, 1.82) is 0 Å². The van der Waals surface area contributed by atoms with Gasteiger partial charge in [-0.3, -0.25) is 0 Å². The molecule has 1 unspecified atom stereocenters. The third-order valence-electron chi connectivity index (χ3n) is 4.68. The number of nitrogens with one attached hydrogen (secondary N) is 2. The van der Waals surface area contributed by atoms with E-state index in [0.717, 1.165) is 13.0 Å². The van der Waals surface area contributed by atoms with Crippen LogP contribution in [0.3, 0.4) is 0 Å². The van der Waals surface area contributed by atoms with Crippen LogP contribution in [0.4, 0.5) is 0 Å². The van der Waals surface area contributed by atoms with Crippen LogP contribution in [0.15, 0.2) is 36.4 Å². The standard InChI is InChI=1S/C20H22N2/c1-12-4-5-18-17(11-12)16-6-7-21-19(20(16)22-18)15-9-13(2)8-14(3)10-15/h4-5,8-11,19,21-22H,6-7H2,1-3H3. The van der Waals surface area contributed by atoms with E-state index in [-0.39, 0.29) is 6.04 Å². The summed E-state index contributed by atoms with van der Waals surface area (Å²) in [5, 5.41) is 5.08. The van der Waals surface area contributed by atoms with Crippen LogP contribution in [0.1, 0.15) is 39.6 Å². The highest BCUT2D eigenvalue weighted by Crippen LogP contribution is 2.34. The second kappa shape index (κ2) is 4.99. The van der Waals surface area contributed by atoms with Gasteiger partial charge in [0.25, 0.3) is 0 Å². The molecule has 0 saturated carbocycles. The molecular formula is C20H22N2. The first kappa shape index (κ1) is 13.6. The Morgan fingerprint density at radius 2 is 1.68 bits per heavy atom. The SMILES string of the molecule is Cc1cc(C)cc(C2NCCc3c2[nH]c2ccc(C)cc32)c1. The Balaban J connectivity index is 1.90. The van der Waals surface area contributed by atoms with Crippen LogP contribution in [-0.4, -0.2) is 11.5 Å². The molecule has 0 amide bonds. The fourth-order valence-corrected chi connectivity index (χ4v) is 3.80. The maximum atomic E-state index is 3.69. The van der Waals surface area contributed by atoms with Gasteiger partial charge in [-0.2, -0.15) is 0 Å². The minimum atomic E-state index is 0.273. The fraction of sp³-hybridized carbons (Fsp3) is 0.300. The lowest BCUT2D eigenvalue weighted by Gasteiger charge is -2.25.